The molecule has 0 aliphatic carbocycles. The highest BCUT2D eigenvalue weighted by molar-refractivity contribution is 6.30. The number of aromatic nitrogens is 2. The van der Waals surface area contributed by atoms with E-state index < -0.39 is 6.10 Å². The number of hydrogen-bond donors (Lipinski definition) is 1. The molecule has 6 heteroatoms. The van der Waals surface area contributed by atoms with Crippen LogP contribution in [0, 0.1) is 13.8 Å². The number of carbonyl (C=O) groups is 1. The monoisotopic (exact) mass is 367 g/mol. The average molecular weight is 368 g/mol. The molecule has 1 aliphatic rings. The molecule has 1 aromatic heterocycles. The second-order valence-corrected chi connectivity index (χ2v) is 6.78. The van der Waals surface area contributed by atoms with Crippen LogP contribution >= 0.6 is 11.6 Å². The van der Waals surface area contributed by atoms with Gasteiger partial charge in [0.25, 0.3) is 5.91 Å². The predicted octanol–water partition coefficient (Wildman–Crippen LogP) is 4.08. The Bertz CT molecular complexity index is 982. The van der Waals surface area contributed by atoms with Crippen LogP contribution in [0.2, 0.25) is 5.02 Å². The number of carbonyl (C=O) groups excluding carboxylic acids is 1. The lowest BCUT2D eigenvalue weighted by molar-refractivity contribution is -0.122. The first-order chi connectivity index (χ1) is 12.5. The first-order valence-corrected chi connectivity index (χ1v) is 8.78. The van der Waals surface area contributed by atoms with Gasteiger partial charge in [-0.05, 0) is 49.7 Å². The van der Waals surface area contributed by atoms with E-state index >= 15 is 0 Å². The topological polar surface area (TPSA) is 56.2 Å². The van der Waals surface area contributed by atoms with Gasteiger partial charge in [0.05, 0.1) is 22.8 Å². The summed E-state index contributed by atoms with van der Waals surface area (Å²) in [7, 11) is 0. The van der Waals surface area contributed by atoms with Crippen LogP contribution in [-0.2, 0) is 11.2 Å². The molecule has 2 heterocycles. The Balaban J connectivity index is 1.55. The number of rotatable bonds is 3. The van der Waals surface area contributed by atoms with E-state index in [1.54, 1.807) is 12.1 Å². The van der Waals surface area contributed by atoms with Crippen LogP contribution in [0.4, 0.5) is 5.69 Å². The van der Waals surface area contributed by atoms with Gasteiger partial charge in [-0.1, -0.05) is 29.8 Å². The Hall–Kier alpha value is -2.79. The summed E-state index contributed by atoms with van der Waals surface area (Å²) < 4.78 is 7.60. The SMILES string of the molecule is Cc1nn(-c2ccccc2)c(C)c1NC(=O)C1Cc2cc(Cl)ccc2O1. The van der Waals surface area contributed by atoms with Gasteiger partial charge < -0.3 is 10.1 Å². The smallest absolute Gasteiger partial charge is 0.265 e. The summed E-state index contributed by atoms with van der Waals surface area (Å²) in [6.45, 7) is 3.82. The number of halogens is 1. The van der Waals surface area contributed by atoms with Gasteiger partial charge in [-0.2, -0.15) is 5.10 Å². The van der Waals surface area contributed by atoms with Crippen molar-refractivity contribution in [3.05, 3.63) is 70.5 Å². The summed E-state index contributed by atoms with van der Waals surface area (Å²) in [5, 5.41) is 8.18. The molecule has 5 nitrogen and oxygen atoms in total. The van der Waals surface area contributed by atoms with E-state index in [1.807, 2.05) is 54.9 Å². The van der Waals surface area contributed by atoms with E-state index in [1.165, 1.54) is 0 Å². The summed E-state index contributed by atoms with van der Waals surface area (Å²) in [6, 6.07) is 15.2. The van der Waals surface area contributed by atoms with Crippen molar-refractivity contribution in [2.24, 2.45) is 0 Å². The number of benzene rings is 2. The fraction of sp³-hybridized carbons (Fsp3) is 0.200. The molecule has 4 rings (SSSR count). The van der Waals surface area contributed by atoms with Crippen LogP contribution < -0.4 is 10.1 Å². The molecule has 3 aromatic rings. The Morgan fingerprint density at radius 3 is 2.77 bits per heavy atom. The van der Waals surface area contributed by atoms with E-state index in [9.17, 15) is 4.79 Å². The third-order valence-corrected chi connectivity index (χ3v) is 4.76. The first-order valence-electron chi connectivity index (χ1n) is 8.40. The molecule has 1 N–H and O–H groups in total. The minimum Gasteiger partial charge on any atom is -0.480 e. The summed E-state index contributed by atoms with van der Waals surface area (Å²) in [5.41, 5.74) is 4.26. The molecule has 132 valence electrons. The van der Waals surface area contributed by atoms with Gasteiger partial charge in [0, 0.05) is 11.4 Å². The lowest BCUT2D eigenvalue weighted by atomic mass is 10.1. The van der Waals surface area contributed by atoms with Crippen LogP contribution in [0.25, 0.3) is 5.69 Å². The lowest BCUT2D eigenvalue weighted by Crippen LogP contribution is -2.31. The minimum absolute atomic E-state index is 0.184. The van der Waals surface area contributed by atoms with Gasteiger partial charge >= 0.3 is 0 Å². The number of ether oxygens (including phenoxy) is 1. The molecule has 0 spiro atoms. The number of aryl methyl sites for hydroxylation is 1. The molecular formula is C20H18ClN3O2. The largest absolute Gasteiger partial charge is 0.480 e. The van der Waals surface area contributed by atoms with E-state index in [4.69, 9.17) is 16.3 Å². The molecule has 0 saturated heterocycles. The van der Waals surface area contributed by atoms with Crippen molar-refractivity contribution in [1.29, 1.82) is 0 Å². The normalized spacial score (nSPS) is 15.4. The number of nitrogens with one attached hydrogen (secondary N) is 1. The van der Waals surface area contributed by atoms with E-state index in [0.29, 0.717) is 17.2 Å². The summed E-state index contributed by atoms with van der Waals surface area (Å²) >= 11 is 6.02. The number of amides is 1. The van der Waals surface area contributed by atoms with Gasteiger partial charge in [0.2, 0.25) is 0 Å². The Morgan fingerprint density at radius 2 is 2.00 bits per heavy atom. The molecule has 0 fully saturated rings. The van der Waals surface area contributed by atoms with Gasteiger partial charge in [-0.3, -0.25) is 4.79 Å². The quantitative estimate of drug-likeness (QED) is 0.758. The molecule has 1 unspecified atom stereocenters. The molecule has 1 amide bonds. The molecule has 1 aliphatic heterocycles. The molecule has 0 saturated carbocycles. The van der Waals surface area contributed by atoms with Crippen LogP contribution in [-0.4, -0.2) is 21.8 Å². The lowest BCUT2D eigenvalue weighted by Gasteiger charge is -2.12. The second kappa shape index (κ2) is 6.50. The van der Waals surface area contributed by atoms with Crippen LogP contribution in [0.5, 0.6) is 5.75 Å². The maximum atomic E-state index is 12.7. The maximum Gasteiger partial charge on any atom is 0.265 e. The Morgan fingerprint density at radius 1 is 1.23 bits per heavy atom. The van der Waals surface area contributed by atoms with Crippen molar-refractivity contribution < 1.29 is 9.53 Å². The Kier molecular flexibility index (Phi) is 4.17. The van der Waals surface area contributed by atoms with E-state index in [-0.39, 0.29) is 5.91 Å². The zero-order valence-electron chi connectivity index (χ0n) is 14.5. The molecular weight excluding hydrogens is 350 g/mol. The van der Waals surface area contributed by atoms with Gasteiger partial charge in [-0.15, -0.1) is 0 Å². The zero-order valence-corrected chi connectivity index (χ0v) is 15.2. The number of para-hydroxylation sites is 1. The highest BCUT2D eigenvalue weighted by Crippen LogP contribution is 2.32. The fourth-order valence-electron chi connectivity index (χ4n) is 3.21. The van der Waals surface area contributed by atoms with Gasteiger partial charge in [0.1, 0.15) is 5.75 Å². The number of nitrogens with zero attached hydrogens (tertiary/aromatic N) is 2. The highest BCUT2D eigenvalue weighted by Gasteiger charge is 2.30. The predicted molar refractivity (Wildman–Crippen MR) is 101 cm³/mol. The van der Waals surface area contributed by atoms with Crippen molar-refractivity contribution in [1.82, 2.24) is 9.78 Å². The molecule has 0 radical (unpaired) electrons. The summed E-state index contributed by atoms with van der Waals surface area (Å²) in [4.78, 5) is 12.7. The fourth-order valence-corrected chi connectivity index (χ4v) is 3.41. The second-order valence-electron chi connectivity index (χ2n) is 6.35. The Labute approximate surface area is 156 Å². The van der Waals surface area contributed by atoms with Gasteiger partial charge in [-0.25, -0.2) is 4.68 Å². The number of hydrogen-bond acceptors (Lipinski definition) is 3. The summed E-state index contributed by atoms with van der Waals surface area (Å²) in [5.74, 6) is 0.527. The molecule has 26 heavy (non-hydrogen) atoms. The number of fused-ring (bicyclic) bond motifs is 1. The average Bonchev–Trinajstić information content (AvgIpc) is 3.18. The third kappa shape index (κ3) is 2.95. The van der Waals surface area contributed by atoms with Crippen molar-refractivity contribution >= 4 is 23.2 Å². The maximum absolute atomic E-state index is 12.7. The van der Waals surface area contributed by atoms with Crippen molar-refractivity contribution in [2.45, 2.75) is 26.4 Å². The van der Waals surface area contributed by atoms with Crippen molar-refractivity contribution in [3.8, 4) is 11.4 Å². The standard InChI is InChI=1S/C20H18ClN3O2/c1-12-19(13(2)24(23-12)16-6-4-3-5-7-16)22-20(25)18-11-14-10-15(21)8-9-17(14)26-18/h3-10,18H,11H2,1-2H3,(H,22,25). The first kappa shape index (κ1) is 16.7. The van der Waals surface area contributed by atoms with Crippen LogP contribution in [0.1, 0.15) is 17.0 Å². The third-order valence-electron chi connectivity index (χ3n) is 4.53. The summed E-state index contributed by atoms with van der Waals surface area (Å²) in [6.07, 6.45) is -0.0607. The van der Waals surface area contributed by atoms with E-state index in [0.717, 1.165) is 28.3 Å². The van der Waals surface area contributed by atoms with Crippen molar-refractivity contribution in [2.75, 3.05) is 5.32 Å². The number of anilines is 1. The van der Waals surface area contributed by atoms with Crippen LogP contribution in [0.3, 0.4) is 0 Å². The highest BCUT2D eigenvalue weighted by atomic mass is 35.5. The van der Waals surface area contributed by atoms with E-state index in [2.05, 4.69) is 10.4 Å². The molecule has 2 aromatic carbocycles. The van der Waals surface area contributed by atoms with Crippen LogP contribution in [0.15, 0.2) is 48.5 Å². The zero-order chi connectivity index (χ0) is 18.3. The van der Waals surface area contributed by atoms with Crippen molar-refractivity contribution in [3.63, 3.8) is 0 Å². The molecule has 1 atom stereocenters. The van der Waals surface area contributed by atoms with Gasteiger partial charge in [0.15, 0.2) is 6.10 Å². The minimum atomic E-state index is -0.567. The molecule has 0 bridgehead atoms.